The minimum absolute atomic E-state index is 0.193. The molecule has 0 bridgehead atoms. The van der Waals surface area contributed by atoms with E-state index in [1.165, 1.54) is 12.7 Å². The van der Waals surface area contributed by atoms with E-state index in [4.69, 9.17) is 9.72 Å². The molecule has 2 heterocycles. The molecule has 0 saturated carbocycles. The number of hydrogen-bond donors (Lipinski definition) is 1. The number of fused-ring (bicyclic) bond motifs is 3. The lowest BCUT2D eigenvalue weighted by atomic mass is 9.99. The topological polar surface area (TPSA) is 67.9 Å². The third kappa shape index (κ3) is 2.74. The summed E-state index contributed by atoms with van der Waals surface area (Å²) in [5.74, 6) is -0.275. The fourth-order valence-electron chi connectivity index (χ4n) is 3.08. The number of ether oxygens (including phenoxy) is 1. The van der Waals surface area contributed by atoms with Crippen LogP contribution < -0.4 is 0 Å². The average Bonchev–Trinajstić information content (AvgIpc) is 3.10. The molecule has 2 aromatic carbocycles. The van der Waals surface area contributed by atoms with Crippen LogP contribution in [0.2, 0.25) is 0 Å². The van der Waals surface area contributed by atoms with Crippen LogP contribution in [0.15, 0.2) is 48.7 Å². The van der Waals surface area contributed by atoms with Gasteiger partial charge >= 0.3 is 5.97 Å². The molecule has 4 aromatic rings. The van der Waals surface area contributed by atoms with Crippen molar-refractivity contribution in [1.82, 2.24) is 15.2 Å². The quantitative estimate of drug-likeness (QED) is 0.580. The number of esters is 1. The number of carbonyl (C=O) groups excluding carboxylic acids is 1. The maximum Gasteiger partial charge on any atom is 0.310 e. The summed E-state index contributed by atoms with van der Waals surface area (Å²) in [4.78, 5) is 16.7. The van der Waals surface area contributed by atoms with Crippen LogP contribution in [0.1, 0.15) is 11.1 Å². The number of benzene rings is 2. The first-order valence-corrected chi connectivity index (χ1v) is 8.05. The summed E-state index contributed by atoms with van der Waals surface area (Å²) in [6, 6.07) is 14.1. The first-order valence-electron chi connectivity index (χ1n) is 8.05. The summed E-state index contributed by atoms with van der Waals surface area (Å²) in [6.07, 6.45) is 1.96. The van der Waals surface area contributed by atoms with E-state index in [9.17, 15) is 4.79 Å². The van der Waals surface area contributed by atoms with Gasteiger partial charge in [-0.15, -0.1) is 0 Å². The number of pyridine rings is 1. The number of methoxy groups -OCH3 is 1. The van der Waals surface area contributed by atoms with Gasteiger partial charge in [0.2, 0.25) is 0 Å². The molecule has 0 fully saturated rings. The number of aromatic amines is 1. The molecule has 0 aliphatic carbocycles. The van der Waals surface area contributed by atoms with Crippen molar-refractivity contribution in [1.29, 1.82) is 0 Å². The molecule has 1 N–H and O–H groups in total. The lowest BCUT2D eigenvalue weighted by molar-refractivity contribution is -0.139. The van der Waals surface area contributed by atoms with Gasteiger partial charge in [-0.05, 0) is 30.7 Å². The lowest BCUT2D eigenvalue weighted by Crippen LogP contribution is -2.06. The molecule has 0 radical (unpaired) electrons. The SMILES string of the molecule is COC(=O)Cc1cc(-c2ccc(C)cc2)nc2ccc3[nH]ncc3c12. The van der Waals surface area contributed by atoms with Gasteiger partial charge in [0.25, 0.3) is 0 Å². The van der Waals surface area contributed by atoms with Crippen molar-refractivity contribution in [3.8, 4) is 11.3 Å². The molecule has 5 heteroatoms. The zero-order valence-corrected chi connectivity index (χ0v) is 14.0. The fraction of sp³-hybridized carbons (Fsp3) is 0.150. The molecule has 124 valence electrons. The van der Waals surface area contributed by atoms with Crippen LogP contribution in [-0.4, -0.2) is 28.3 Å². The molecular weight excluding hydrogens is 314 g/mol. The molecule has 0 atom stereocenters. The average molecular weight is 331 g/mol. The number of hydrogen-bond acceptors (Lipinski definition) is 4. The van der Waals surface area contributed by atoms with Crippen LogP contribution in [0, 0.1) is 6.92 Å². The monoisotopic (exact) mass is 331 g/mol. The highest BCUT2D eigenvalue weighted by Gasteiger charge is 2.14. The summed E-state index contributed by atoms with van der Waals surface area (Å²) in [7, 11) is 1.40. The standard InChI is InChI=1S/C20H17N3O2/c1-12-3-5-13(6-4-12)18-9-14(10-19(24)25-2)20-15-11-21-23-16(15)7-8-17(20)22-18/h3-9,11H,10H2,1-2H3,(H,21,23). The van der Waals surface area contributed by atoms with Crippen molar-refractivity contribution in [3.63, 3.8) is 0 Å². The Morgan fingerprint density at radius 3 is 2.72 bits per heavy atom. The molecule has 5 nitrogen and oxygen atoms in total. The number of H-pyrrole nitrogens is 1. The smallest absolute Gasteiger partial charge is 0.310 e. The zero-order valence-electron chi connectivity index (χ0n) is 14.0. The Morgan fingerprint density at radius 2 is 1.96 bits per heavy atom. The Balaban J connectivity index is 1.98. The minimum atomic E-state index is -0.275. The third-order valence-corrected chi connectivity index (χ3v) is 4.38. The Morgan fingerprint density at radius 1 is 1.16 bits per heavy atom. The van der Waals surface area contributed by atoms with E-state index in [0.717, 1.165) is 38.6 Å². The Kier molecular flexibility index (Phi) is 3.69. The number of rotatable bonds is 3. The second-order valence-corrected chi connectivity index (χ2v) is 6.08. The summed E-state index contributed by atoms with van der Waals surface area (Å²) in [6.45, 7) is 2.05. The lowest BCUT2D eigenvalue weighted by Gasteiger charge is -2.10. The molecule has 0 aliphatic rings. The van der Waals surface area contributed by atoms with Gasteiger partial charge in [0.1, 0.15) is 0 Å². The zero-order chi connectivity index (χ0) is 17.4. The molecule has 0 aliphatic heterocycles. The summed E-state index contributed by atoms with van der Waals surface area (Å²) >= 11 is 0. The number of nitrogens with zero attached hydrogens (tertiary/aromatic N) is 2. The van der Waals surface area contributed by atoms with Crippen LogP contribution in [-0.2, 0) is 16.0 Å². The highest BCUT2D eigenvalue weighted by atomic mass is 16.5. The van der Waals surface area contributed by atoms with Crippen LogP contribution >= 0.6 is 0 Å². The minimum Gasteiger partial charge on any atom is -0.469 e. The summed E-state index contributed by atoms with van der Waals surface area (Å²) < 4.78 is 4.88. The van der Waals surface area contributed by atoms with Gasteiger partial charge in [-0.2, -0.15) is 5.10 Å². The largest absolute Gasteiger partial charge is 0.469 e. The van der Waals surface area contributed by atoms with Crippen molar-refractivity contribution in [2.45, 2.75) is 13.3 Å². The van der Waals surface area contributed by atoms with Gasteiger partial charge in [-0.1, -0.05) is 29.8 Å². The van der Waals surface area contributed by atoms with E-state index < -0.39 is 0 Å². The van der Waals surface area contributed by atoms with Gasteiger partial charge in [-0.3, -0.25) is 9.89 Å². The first kappa shape index (κ1) is 15.3. The molecule has 0 saturated heterocycles. The molecule has 4 rings (SSSR count). The van der Waals surface area contributed by atoms with Gasteiger partial charge in [-0.25, -0.2) is 4.98 Å². The third-order valence-electron chi connectivity index (χ3n) is 4.38. The van der Waals surface area contributed by atoms with E-state index in [1.807, 2.05) is 30.3 Å². The van der Waals surface area contributed by atoms with Crippen LogP contribution in [0.25, 0.3) is 33.1 Å². The predicted molar refractivity (Wildman–Crippen MR) is 97.3 cm³/mol. The van der Waals surface area contributed by atoms with Gasteiger partial charge < -0.3 is 4.74 Å². The van der Waals surface area contributed by atoms with E-state index >= 15 is 0 Å². The number of nitrogens with one attached hydrogen (secondary N) is 1. The first-order chi connectivity index (χ1) is 12.2. The molecular formula is C20H17N3O2. The van der Waals surface area contributed by atoms with Crippen LogP contribution in [0.5, 0.6) is 0 Å². The molecule has 0 unspecified atom stereocenters. The number of carbonyl (C=O) groups is 1. The summed E-state index contributed by atoms with van der Waals surface area (Å²) in [5.41, 5.74) is 5.70. The van der Waals surface area contributed by atoms with E-state index in [1.54, 1.807) is 6.20 Å². The highest BCUT2D eigenvalue weighted by Crippen LogP contribution is 2.30. The van der Waals surface area contributed by atoms with Crippen molar-refractivity contribution in [2.24, 2.45) is 0 Å². The second kappa shape index (κ2) is 6.02. The predicted octanol–water partition coefficient (Wildman–Crippen LogP) is 3.80. The van der Waals surface area contributed by atoms with E-state index in [2.05, 4.69) is 29.3 Å². The summed E-state index contributed by atoms with van der Waals surface area (Å²) in [5, 5.41) is 8.97. The van der Waals surface area contributed by atoms with Crippen molar-refractivity contribution in [3.05, 3.63) is 59.8 Å². The Bertz CT molecular complexity index is 1080. The van der Waals surface area contributed by atoms with Crippen molar-refractivity contribution >= 4 is 27.8 Å². The van der Waals surface area contributed by atoms with E-state index in [0.29, 0.717) is 0 Å². The molecule has 0 spiro atoms. The van der Waals surface area contributed by atoms with Crippen molar-refractivity contribution in [2.75, 3.05) is 7.11 Å². The van der Waals surface area contributed by atoms with Crippen molar-refractivity contribution < 1.29 is 9.53 Å². The molecule has 25 heavy (non-hydrogen) atoms. The fourth-order valence-corrected chi connectivity index (χ4v) is 3.08. The van der Waals surface area contributed by atoms with E-state index in [-0.39, 0.29) is 12.4 Å². The van der Waals surface area contributed by atoms with Gasteiger partial charge in [0, 0.05) is 16.3 Å². The number of aromatic nitrogens is 3. The van der Waals surface area contributed by atoms with Crippen LogP contribution in [0.3, 0.4) is 0 Å². The van der Waals surface area contributed by atoms with Crippen LogP contribution in [0.4, 0.5) is 0 Å². The molecule has 0 amide bonds. The maximum absolute atomic E-state index is 11.9. The Labute approximate surface area is 144 Å². The van der Waals surface area contributed by atoms with Gasteiger partial charge in [0.05, 0.1) is 36.5 Å². The normalized spacial score (nSPS) is 11.1. The number of aryl methyl sites for hydroxylation is 1. The maximum atomic E-state index is 11.9. The second-order valence-electron chi connectivity index (χ2n) is 6.08. The Hall–Kier alpha value is -3.21. The van der Waals surface area contributed by atoms with Gasteiger partial charge in [0.15, 0.2) is 0 Å². The molecule has 2 aromatic heterocycles. The highest BCUT2D eigenvalue weighted by molar-refractivity contribution is 6.07.